The first kappa shape index (κ1) is 23.4. The molecule has 2 atom stereocenters. The number of nitrogens with zero attached hydrogens (tertiary/aromatic N) is 2. The minimum Gasteiger partial charge on any atom is -0.496 e. The Labute approximate surface area is 205 Å². The van der Waals surface area contributed by atoms with Crippen LogP contribution in [0.5, 0.6) is 11.5 Å². The zero-order valence-electron chi connectivity index (χ0n) is 20.0. The van der Waals surface area contributed by atoms with Gasteiger partial charge in [0.15, 0.2) is 0 Å². The van der Waals surface area contributed by atoms with E-state index in [2.05, 4.69) is 16.3 Å². The van der Waals surface area contributed by atoms with Crippen LogP contribution in [0.3, 0.4) is 0 Å². The van der Waals surface area contributed by atoms with Gasteiger partial charge < -0.3 is 14.4 Å². The average Bonchev–Trinajstić information content (AvgIpc) is 3.19. The number of hydrogen-bond donors (Lipinski definition) is 1. The van der Waals surface area contributed by atoms with Crippen molar-refractivity contribution < 1.29 is 23.9 Å². The van der Waals surface area contributed by atoms with E-state index in [-0.39, 0.29) is 18.2 Å². The molecular formula is C27H31N3O5. The number of carbonyl (C=O) groups excluding carboxylic acids is 3. The molecule has 3 amide bonds. The fourth-order valence-corrected chi connectivity index (χ4v) is 5.34. The fourth-order valence-electron chi connectivity index (χ4n) is 5.34. The third kappa shape index (κ3) is 4.89. The van der Waals surface area contributed by atoms with Crippen LogP contribution in [0.4, 0.5) is 0 Å². The molecule has 1 unspecified atom stereocenters. The summed E-state index contributed by atoms with van der Waals surface area (Å²) in [5.74, 6) is 0.780. The van der Waals surface area contributed by atoms with Gasteiger partial charge in [-0.3, -0.25) is 24.6 Å². The van der Waals surface area contributed by atoms with Crippen LogP contribution in [-0.4, -0.2) is 59.9 Å². The van der Waals surface area contributed by atoms with Crippen LogP contribution in [-0.2, 0) is 22.7 Å². The highest BCUT2D eigenvalue weighted by Crippen LogP contribution is 2.31. The molecule has 2 saturated heterocycles. The molecule has 2 fully saturated rings. The zero-order chi connectivity index (χ0) is 24.4. The van der Waals surface area contributed by atoms with Gasteiger partial charge in [0.1, 0.15) is 24.1 Å². The molecule has 0 spiro atoms. The number of likely N-dealkylation sites (tertiary alicyclic amines) is 1. The lowest BCUT2D eigenvalue weighted by molar-refractivity contribution is -0.136. The maximum atomic E-state index is 12.9. The van der Waals surface area contributed by atoms with E-state index in [1.807, 2.05) is 30.3 Å². The van der Waals surface area contributed by atoms with E-state index >= 15 is 0 Å². The van der Waals surface area contributed by atoms with Crippen LogP contribution in [0.25, 0.3) is 0 Å². The first-order valence-electron chi connectivity index (χ1n) is 12.3. The van der Waals surface area contributed by atoms with Crippen LogP contribution < -0.4 is 14.8 Å². The van der Waals surface area contributed by atoms with E-state index in [0.717, 1.165) is 36.6 Å². The van der Waals surface area contributed by atoms with Gasteiger partial charge in [0.25, 0.3) is 5.91 Å². The maximum Gasteiger partial charge on any atom is 0.255 e. The van der Waals surface area contributed by atoms with Gasteiger partial charge in [-0.15, -0.1) is 0 Å². The van der Waals surface area contributed by atoms with E-state index in [4.69, 9.17) is 9.47 Å². The van der Waals surface area contributed by atoms with E-state index in [1.165, 1.54) is 18.4 Å². The Kier molecular flexibility index (Phi) is 6.72. The fraction of sp³-hybridized carbons (Fsp3) is 0.444. The molecule has 8 nitrogen and oxygen atoms in total. The predicted octanol–water partition coefficient (Wildman–Crippen LogP) is 2.89. The number of carbonyl (C=O) groups is 3. The standard InChI is InChI=1S/C27H31N3O5/c1-34-24-8-3-2-6-18(24)15-29-13-5-4-7-20(29)17-35-21-9-10-22-19(14-21)16-30(27(22)33)23-11-12-25(31)28-26(23)32/h2-3,6,8-10,14,20,23H,4-5,7,11-13,15-17H2,1H3,(H,28,31,32)/t20-,23?/m1/s1. The van der Waals surface area contributed by atoms with Crippen LogP contribution in [0, 0.1) is 0 Å². The Morgan fingerprint density at radius 1 is 1.06 bits per heavy atom. The number of hydrogen-bond acceptors (Lipinski definition) is 6. The second kappa shape index (κ2) is 10.1. The largest absolute Gasteiger partial charge is 0.496 e. The lowest BCUT2D eigenvalue weighted by Crippen LogP contribution is -2.52. The smallest absolute Gasteiger partial charge is 0.255 e. The molecule has 3 aliphatic heterocycles. The summed E-state index contributed by atoms with van der Waals surface area (Å²) >= 11 is 0. The van der Waals surface area contributed by atoms with Gasteiger partial charge in [0.05, 0.1) is 7.11 Å². The van der Waals surface area contributed by atoms with Crippen molar-refractivity contribution in [2.75, 3.05) is 20.3 Å². The molecule has 2 aromatic carbocycles. The molecular weight excluding hydrogens is 446 g/mol. The number of fused-ring (bicyclic) bond motifs is 1. The van der Waals surface area contributed by atoms with Gasteiger partial charge >= 0.3 is 0 Å². The Morgan fingerprint density at radius 2 is 1.91 bits per heavy atom. The first-order chi connectivity index (χ1) is 17.0. The Bertz CT molecular complexity index is 1130. The van der Waals surface area contributed by atoms with Crippen molar-refractivity contribution in [2.24, 2.45) is 0 Å². The number of piperidine rings is 2. The van der Waals surface area contributed by atoms with Crippen molar-refractivity contribution in [1.29, 1.82) is 0 Å². The molecule has 35 heavy (non-hydrogen) atoms. The van der Waals surface area contributed by atoms with Gasteiger partial charge in [-0.05, 0) is 55.6 Å². The van der Waals surface area contributed by atoms with Crippen molar-refractivity contribution in [1.82, 2.24) is 15.1 Å². The lowest BCUT2D eigenvalue weighted by Gasteiger charge is -2.35. The van der Waals surface area contributed by atoms with Crippen LogP contribution >= 0.6 is 0 Å². The van der Waals surface area contributed by atoms with Crippen LogP contribution in [0.1, 0.15) is 53.6 Å². The second-order valence-corrected chi connectivity index (χ2v) is 9.46. The summed E-state index contributed by atoms with van der Waals surface area (Å²) < 4.78 is 11.8. The van der Waals surface area contributed by atoms with Gasteiger partial charge in [-0.1, -0.05) is 24.6 Å². The van der Waals surface area contributed by atoms with Gasteiger partial charge in [-0.2, -0.15) is 0 Å². The number of amides is 3. The highest BCUT2D eigenvalue weighted by molar-refractivity contribution is 6.05. The number of ether oxygens (including phenoxy) is 2. The monoisotopic (exact) mass is 477 g/mol. The van der Waals surface area contributed by atoms with Gasteiger partial charge in [-0.25, -0.2) is 0 Å². The highest BCUT2D eigenvalue weighted by Gasteiger charge is 2.39. The molecule has 0 aliphatic carbocycles. The summed E-state index contributed by atoms with van der Waals surface area (Å²) in [6.45, 7) is 2.75. The van der Waals surface area contributed by atoms with Crippen molar-refractivity contribution in [3.8, 4) is 11.5 Å². The summed E-state index contributed by atoms with van der Waals surface area (Å²) in [6, 6.07) is 13.3. The molecule has 0 radical (unpaired) electrons. The molecule has 8 heteroatoms. The molecule has 0 bridgehead atoms. The Balaban J connectivity index is 1.23. The topological polar surface area (TPSA) is 88.2 Å². The lowest BCUT2D eigenvalue weighted by atomic mass is 10.0. The summed E-state index contributed by atoms with van der Waals surface area (Å²) in [4.78, 5) is 40.7. The van der Waals surface area contributed by atoms with Crippen molar-refractivity contribution in [3.63, 3.8) is 0 Å². The Hall–Kier alpha value is -3.39. The van der Waals surface area contributed by atoms with Gasteiger partial charge in [0.2, 0.25) is 11.8 Å². The number of imide groups is 1. The normalized spacial score (nSPS) is 22.7. The maximum absolute atomic E-state index is 12.9. The van der Waals surface area contributed by atoms with E-state index in [9.17, 15) is 14.4 Å². The molecule has 3 heterocycles. The third-order valence-electron chi connectivity index (χ3n) is 7.25. The Morgan fingerprint density at radius 3 is 2.74 bits per heavy atom. The van der Waals surface area contributed by atoms with E-state index in [1.54, 1.807) is 18.1 Å². The summed E-state index contributed by atoms with van der Waals surface area (Å²) in [7, 11) is 1.70. The first-order valence-corrected chi connectivity index (χ1v) is 12.3. The summed E-state index contributed by atoms with van der Waals surface area (Å²) in [6.07, 6.45) is 4.02. The summed E-state index contributed by atoms with van der Waals surface area (Å²) in [5.41, 5.74) is 2.62. The molecule has 5 rings (SSSR count). The van der Waals surface area contributed by atoms with Crippen molar-refractivity contribution in [2.45, 2.75) is 57.3 Å². The quantitative estimate of drug-likeness (QED) is 0.617. The SMILES string of the molecule is COc1ccccc1CN1CCCC[C@@H]1COc1ccc2c(c1)CN(C1CCC(=O)NC1=O)C2=O. The summed E-state index contributed by atoms with van der Waals surface area (Å²) in [5, 5.41) is 2.34. The number of nitrogens with one attached hydrogen (secondary N) is 1. The average molecular weight is 478 g/mol. The van der Waals surface area contributed by atoms with Gasteiger partial charge in [0, 0.05) is 36.7 Å². The minimum atomic E-state index is -0.609. The molecule has 1 N–H and O–H groups in total. The van der Waals surface area contributed by atoms with Crippen LogP contribution in [0.15, 0.2) is 42.5 Å². The van der Waals surface area contributed by atoms with Crippen molar-refractivity contribution in [3.05, 3.63) is 59.2 Å². The minimum absolute atomic E-state index is 0.170. The predicted molar refractivity (Wildman–Crippen MR) is 129 cm³/mol. The van der Waals surface area contributed by atoms with Crippen LogP contribution in [0.2, 0.25) is 0 Å². The number of benzene rings is 2. The zero-order valence-corrected chi connectivity index (χ0v) is 20.0. The van der Waals surface area contributed by atoms with E-state index in [0.29, 0.717) is 31.2 Å². The number of methoxy groups -OCH3 is 1. The molecule has 0 saturated carbocycles. The molecule has 0 aromatic heterocycles. The number of para-hydroxylation sites is 1. The molecule has 2 aromatic rings. The van der Waals surface area contributed by atoms with E-state index < -0.39 is 11.9 Å². The second-order valence-electron chi connectivity index (χ2n) is 9.46. The molecule has 3 aliphatic rings. The highest BCUT2D eigenvalue weighted by atomic mass is 16.5. The third-order valence-corrected chi connectivity index (χ3v) is 7.25. The number of rotatable bonds is 7. The molecule has 184 valence electrons. The van der Waals surface area contributed by atoms with Crippen molar-refractivity contribution >= 4 is 17.7 Å².